The summed E-state index contributed by atoms with van der Waals surface area (Å²) in [6.45, 7) is 2.16. The number of rotatable bonds is 5. The van der Waals surface area contributed by atoms with E-state index >= 15 is 0 Å². The molecule has 3 aromatic carbocycles. The summed E-state index contributed by atoms with van der Waals surface area (Å²) in [4.78, 5) is 34.6. The summed E-state index contributed by atoms with van der Waals surface area (Å²) in [5, 5.41) is 1.88. The number of carbonyl (C=O) groups is 2. The van der Waals surface area contributed by atoms with Crippen LogP contribution in [0.25, 0.3) is 21.9 Å². The molecule has 36 heavy (non-hydrogen) atoms. The Kier molecular flexibility index (Phi) is 4.82. The van der Waals surface area contributed by atoms with Gasteiger partial charge in [-0.25, -0.2) is 4.39 Å². The third kappa shape index (κ3) is 3.71. The molecule has 2 amide bonds. The molecule has 2 aliphatic carbocycles. The number of fused-ring (bicyclic) bond motifs is 1. The van der Waals surface area contributed by atoms with E-state index in [0.29, 0.717) is 12.5 Å². The van der Waals surface area contributed by atoms with Crippen molar-refractivity contribution < 1.29 is 14.0 Å². The van der Waals surface area contributed by atoms with Gasteiger partial charge in [-0.2, -0.15) is 0 Å². The molecule has 0 bridgehead atoms. The second kappa shape index (κ2) is 7.99. The molecule has 5 nitrogen and oxygen atoms in total. The molecule has 1 saturated heterocycles. The minimum absolute atomic E-state index is 0.121. The summed E-state index contributed by atoms with van der Waals surface area (Å²) >= 11 is 0. The Morgan fingerprint density at radius 1 is 0.917 bits per heavy atom. The van der Waals surface area contributed by atoms with E-state index in [9.17, 15) is 14.0 Å². The molecule has 1 atom stereocenters. The maximum Gasteiger partial charge on any atom is 0.256 e. The first-order valence-electron chi connectivity index (χ1n) is 13.0. The van der Waals surface area contributed by atoms with E-state index in [2.05, 4.69) is 18.2 Å². The molecule has 0 aromatic heterocycles. The van der Waals surface area contributed by atoms with Gasteiger partial charge in [-0.3, -0.25) is 19.5 Å². The molecule has 182 valence electrons. The lowest BCUT2D eigenvalue weighted by Crippen LogP contribution is -2.40. The third-order valence-electron chi connectivity index (χ3n) is 8.19. The lowest BCUT2D eigenvalue weighted by atomic mass is 10.00. The Labute approximate surface area is 209 Å². The van der Waals surface area contributed by atoms with E-state index < -0.39 is 5.54 Å². The number of halogens is 1. The zero-order chi connectivity index (χ0) is 24.4. The second-order valence-electron chi connectivity index (χ2n) is 10.9. The number of carbonyl (C=O) groups excluding carboxylic acids is 2. The van der Waals surface area contributed by atoms with Crippen molar-refractivity contribution in [1.82, 2.24) is 9.80 Å². The summed E-state index contributed by atoms with van der Waals surface area (Å²) in [5.41, 5.74) is 2.52. The van der Waals surface area contributed by atoms with Crippen LogP contribution < -0.4 is 0 Å². The van der Waals surface area contributed by atoms with Gasteiger partial charge in [-0.15, -0.1) is 0 Å². The fourth-order valence-electron chi connectivity index (χ4n) is 5.73. The second-order valence-corrected chi connectivity index (χ2v) is 10.9. The van der Waals surface area contributed by atoms with Gasteiger partial charge >= 0.3 is 0 Å². The van der Waals surface area contributed by atoms with Crippen LogP contribution in [0.15, 0.2) is 65.7 Å². The van der Waals surface area contributed by atoms with Gasteiger partial charge in [0, 0.05) is 31.1 Å². The maximum atomic E-state index is 13.5. The standard InChI is InChI=1S/C30H28FN3O2/c31-26-10-9-24-15-23(7-8-25(24)16-26)20-1-3-21(4-2-20)27-32-30(12-13-30)29(36)34(27)18-19-11-14-33(17-19)28(35)22-5-6-22/h1-4,7-10,15-16,19,22H,5-6,11-14,17-18H2. The highest BCUT2D eigenvalue weighted by Crippen LogP contribution is 2.46. The van der Waals surface area contributed by atoms with Gasteiger partial charge in [0.15, 0.2) is 0 Å². The van der Waals surface area contributed by atoms with Crippen LogP contribution in [0.3, 0.4) is 0 Å². The van der Waals surface area contributed by atoms with Crippen molar-refractivity contribution in [1.29, 1.82) is 0 Å². The van der Waals surface area contributed by atoms with Crippen LogP contribution in [0.1, 0.15) is 37.7 Å². The maximum absolute atomic E-state index is 13.5. The van der Waals surface area contributed by atoms with E-state index in [-0.39, 0.29) is 23.6 Å². The Balaban J connectivity index is 1.12. The van der Waals surface area contributed by atoms with Crippen molar-refractivity contribution >= 4 is 28.4 Å². The van der Waals surface area contributed by atoms with Crippen LogP contribution in [-0.2, 0) is 9.59 Å². The summed E-state index contributed by atoms with van der Waals surface area (Å²) in [6, 6.07) is 19.1. The summed E-state index contributed by atoms with van der Waals surface area (Å²) in [5.74, 6) is 1.49. The number of hydrogen-bond donors (Lipinski definition) is 0. The number of amidine groups is 1. The predicted molar refractivity (Wildman–Crippen MR) is 137 cm³/mol. The lowest BCUT2D eigenvalue weighted by Gasteiger charge is -2.23. The van der Waals surface area contributed by atoms with Crippen LogP contribution in [0.5, 0.6) is 0 Å². The third-order valence-corrected chi connectivity index (χ3v) is 8.19. The Morgan fingerprint density at radius 2 is 1.61 bits per heavy atom. The summed E-state index contributed by atoms with van der Waals surface area (Å²) in [7, 11) is 0. The van der Waals surface area contributed by atoms with E-state index in [1.54, 1.807) is 12.1 Å². The number of aliphatic imine (C=N–C) groups is 1. The number of benzene rings is 3. The van der Waals surface area contributed by atoms with Crippen molar-refractivity contribution in [2.75, 3.05) is 19.6 Å². The molecule has 6 heteroatoms. The number of amides is 2. The monoisotopic (exact) mass is 481 g/mol. The first-order chi connectivity index (χ1) is 17.5. The minimum atomic E-state index is -0.552. The first kappa shape index (κ1) is 21.7. The molecule has 2 saturated carbocycles. The van der Waals surface area contributed by atoms with Gasteiger partial charge in [0.1, 0.15) is 17.2 Å². The van der Waals surface area contributed by atoms with Crippen LogP contribution in [0, 0.1) is 17.7 Å². The molecule has 4 aliphatic rings. The van der Waals surface area contributed by atoms with E-state index in [1.165, 1.54) is 6.07 Å². The molecule has 7 rings (SSSR count). The molecule has 2 heterocycles. The first-order valence-corrected chi connectivity index (χ1v) is 13.0. The van der Waals surface area contributed by atoms with Crippen LogP contribution >= 0.6 is 0 Å². The topological polar surface area (TPSA) is 53.0 Å². The van der Waals surface area contributed by atoms with Crippen LogP contribution in [0.4, 0.5) is 4.39 Å². The van der Waals surface area contributed by atoms with E-state index in [4.69, 9.17) is 4.99 Å². The zero-order valence-corrected chi connectivity index (χ0v) is 20.1. The van der Waals surface area contributed by atoms with Crippen LogP contribution in [0.2, 0.25) is 0 Å². The Hall–Kier alpha value is -3.54. The highest BCUT2D eigenvalue weighted by Gasteiger charge is 2.57. The smallest absolute Gasteiger partial charge is 0.256 e. The molecule has 3 fully saturated rings. The van der Waals surface area contributed by atoms with Crippen molar-refractivity contribution in [3.8, 4) is 11.1 Å². The quantitative estimate of drug-likeness (QED) is 0.514. The van der Waals surface area contributed by atoms with Gasteiger partial charge in [0.05, 0.1) is 0 Å². The van der Waals surface area contributed by atoms with Crippen molar-refractivity contribution in [2.24, 2.45) is 16.8 Å². The average Bonchev–Trinajstić information content (AvgIpc) is 3.82. The molecular weight excluding hydrogens is 453 g/mol. The van der Waals surface area contributed by atoms with E-state index in [1.807, 2.05) is 34.1 Å². The van der Waals surface area contributed by atoms with Gasteiger partial charge in [0.25, 0.3) is 5.91 Å². The van der Waals surface area contributed by atoms with Gasteiger partial charge in [0.2, 0.25) is 5.91 Å². The normalized spacial score (nSPS) is 22.5. The number of nitrogens with zero attached hydrogens (tertiary/aromatic N) is 3. The van der Waals surface area contributed by atoms with Crippen molar-refractivity contribution in [3.05, 3.63) is 72.0 Å². The molecule has 3 aromatic rings. The Morgan fingerprint density at radius 3 is 2.36 bits per heavy atom. The van der Waals surface area contributed by atoms with Crippen molar-refractivity contribution in [3.63, 3.8) is 0 Å². The lowest BCUT2D eigenvalue weighted by molar-refractivity contribution is -0.131. The predicted octanol–water partition coefficient (Wildman–Crippen LogP) is 5.03. The summed E-state index contributed by atoms with van der Waals surface area (Å²) < 4.78 is 13.5. The average molecular weight is 482 g/mol. The highest BCUT2D eigenvalue weighted by molar-refractivity contribution is 6.16. The molecule has 2 aliphatic heterocycles. The minimum Gasteiger partial charge on any atom is -0.342 e. The SMILES string of the molecule is O=C(C1CC1)N1CCC(CN2C(=O)C3(CC3)N=C2c2ccc(-c3ccc4cc(F)ccc4c3)cc2)C1. The fourth-order valence-corrected chi connectivity index (χ4v) is 5.73. The molecule has 1 unspecified atom stereocenters. The van der Waals surface area contributed by atoms with E-state index in [0.717, 1.165) is 78.5 Å². The Bertz CT molecular complexity index is 1420. The van der Waals surface area contributed by atoms with Gasteiger partial charge < -0.3 is 4.90 Å². The molecular formula is C30H28FN3O2. The molecule has 1 spiro atoms. The van der Waals surface area contributed by atoms with Gasteiger partial charge in [-0.1, -0.05) is 42.5 Å². The summed E-state index contributed by atoms with van der Waals surface area (Å²) in [6.07, 6.45) is 4.62. The number of hydrogen-bond acceptors (Lipinski definition) is 3. The molecule has 0 radical (unpaired) electrons. The molecule has 0 N–H and O–H groups in total. The zero-order valence-electron chi connectivity index (χ0n) is 20.1. The highest BCUT2D eigenvalue weighted by atomic mass is 19.1. The van der Waals surface area contributed by atoms with Crippen molar-refractivity contribution in [2.45, 2.75) is 37.6 Å². The fraction of sp³-hybridized carbons (Fsp3) is 0.367. The van der Waals surface area contributed by atoms with Gasteiger partial charge in [-0.05, 0) is 78.1 Å². The van der Waals surface area contributed by atoms with Crippen LogP contribution in [-0.4, -0.2) is 52.6 Å². The largest absolute Gasteiger partial charge is 0.342 e. The number of likely N-dealkylation sites (tertiary alicyclic amines) is 1.